The van der Waals surface area contributed by atoms with Gasteiger partial charge in [-0.1, -0.05) is 18.7 Å². The Morgan fingerprint density at radius 3 is 2.82 bits per heavy atom. The quantitative estimate of drug-likeness (QED) is 0.152. The first-order valence-electron chi connectivity index (χ1n) is 10.5. The van der Waals surface area contributed by atoms with E-state index in [9.17, 15) is 0 Å². The lowest BCUT2D eigenvalue weighted by molar-refractivity contribution is 1.18. The fourth-order valence-corrected chi connectivity index (χ4v) is 4.25. The van der Waals surface area contributed by atoms with Gasteiger partial charge in [-0.2, -0.15) is 4.37 Å². The fraction of sp³-hybridized carbons (Fsp3) is 0.0400. The molecule has 168 valence electrons. The standard InChI is InChI=1S/C25H22N8S/c1-14-9-24(34-33-14)29-15(2)21-11-16-3-4-17(12-22(16)31-21)25-28-8-7-23(32-25)30-19-5-6-20(27)18(10-19)13-26/h3-13,26,29,31H,2,27H2,1H3,(H,28,30,32). The van der Waals surface area contributed by atoms with E-state index >= 15 is 0 Å². The van der Waals surface area contributed by atoms with Crippen LogP contribution in [-0.2, 0) is 0 Å². The second kappa shape index (κ2) is 8.80. The van der Waals surface area contributed by atoms with Crippen molar-refractivity contribution in [1.29, 1.82) is 5.41 Å². The van der Waals surface area contributed by atoms with E-state index in [2.05, 4.69) is 42.6 Å². The molecule has 0 radical (unpaired) electrons. The molecule has 0 amide bonds. The van der Waals surface area contributed by atoms with E-state index in [0.717, 1.165) is 44.2 Å². The molecular formula is C25H22N8S. The number of nitrogens with one attached hydrogen (secondary N) is 4. The molecule has 0 aliphatic carbocycles. The first-order valence-corrected chi connectivity index (χ1v) is 11.3. The van der Waals surface area contributed by atoms with Gasteiger partial charge in [-0.15, -0.1) is 0 Å². The summed E-state index contributed by atoms with van der Waals surface area (Å²) in [6.07, 6.45) is 2.95. The highest BCUT2D eigenvalue weighted by atomic mass is 32.1. The zero-order valence-electron chi connectivity index (χ0n) is 18.4. The molecule has 0 unspecified atom stereocenters. The predicted molar refractivity (Wildman–Crippen MR) is 141 cm³/mol. The predicted octanol–water partition coefficient (Wildman–Crippen LogP) is 5.80. The molecule has 2 aromatic carbocycles. The van der Waals surface area contributed by atoms with Crippen LogP contribution in [0.25, 0.3) is 28.0 Å². The van der Waals surface area contributed by atoms with Crippen LogP contribution in [0.5, 0.6) is 0 Å². The molecule has 9 heteroatoms. The van der Waals surface area contributed by atoms with E-state index < -0.39 is 0 Å². The number of nitrogen functional groups attached to an aromatic ring is 1. The van der Waals surface area contributed by atoms with Gasteiger partial charge in [0.2, 0.25) is 0 Å². The van der Waals surface area contributed by atoms with E-state index in [1.807, 2.05) is 43.3 Å². The highest BCUT2D eigenvalue weighted by Crippen LogP contribution is 2.27. The maximum Gasteiger partial charge on any atom is 0.161 e. The Labute approximate surface area is 200 Å². The largest absolute Gasteiger partial charge is 0.398 e. The summed E-state index contributed by atoms with van der Waals surface area (Å²) in [7, 11) is 0. The van der Waals surface area contributed by atoms with Crippen LogP contribution in [0.4, 0.5) is 22.2 Å². The molecule has 5 rings (SSSR count). The van der Waals surface area contributed by atoms with Gasteiger partial charge in [0.15, 0.2) is 5.82 Å². The van der Waals surface area contributed by atoms with Gasteiger partial charge in [0, 0.05) is 45.8 Å². The number of H-pyrrole nitrogens is 1. The van der Waals surface area contributed by atoms with Crippen molar-refractivity contribution in [2.75, 3.05) is 16.4 Å². The van der Waals surface area contributed by atoms with Crippen molar-refractivity contribution < 1.29 is 0 Å². The maximum absolute atomic E-state index is 7.49. The zero-order valence-corrected chi connectivity index (χ0v) is 19.2. The van der Waals surface area contributed by atoms with Crippen LogP contribution in [-0.4, -0.2) is 25.5 Å². The number of nitrogens with two attached hydrogens (primary N) is 1. The lowest BCUT2D eigenvalue weighted by atomic mass is 10.1. The number of anilines is 4. The average molecular weight is 467 g/mol. The van der Waals surface area contributed by atoms with Gasteiger partial charge in [0.25, 0.3) is 0 Å². The third kappa shape index (κ3) is 4.37. The molecule has 0 fully saturated rings. The summed E-state index contributed by atoms with van der Waals surface area (Å²) < 4.78 is 4.29. The van der Waals surface area contributed by atoms with Crippen LogP contribution < -0.4 is 16.4 Å². The highest BCUT2D eigenvalue weighted by Gasteiger charge is 2.10. The Kier molecular flexibility index (Phi) is 5.52. The van der Waals surface area contributed by atoms with Crippen molar-refractivity contribution in [2.45, 2.75) is 6.92 Å². The topological polar surface area (TPSA) is 128 Å². The molecule has 0 saturated heterocycles. The number of nitrogens with zero attached hydrogens (tertiary/aromatic N) is 3. The van der Waals surface area contributed by atoms with Gasteiger partial charge in [-0.25, -0.2) is 9.97 Å². The van der Waals surface area contributed by atoms with Gasteiger partial charge in [-0.05, 0) is 60.9 Å². The second-order valence-corrected chi connectivity index (χ2v) is 8.60. The average Bonchev–Trinajstić information content (AvgIpc) is 3.45. The number of fused-ring (bicyclic) bond motifs is 1. The van der Waals surface area contributed by atoms with Crippen molar-refractivity contribution >= 4 is 56.5 Å². The molecule has 0 bridgehead atoms. The summed E-state index contributed by atoms with van der Waals surface area (Å²) in [5, 5.41) is 16.1. The molecule has 6 N–H and O–H groups in total. The molecule has 0 aliphatic heterocycles. The monoisotopic (exact) mass is 466 g/mol. The number of aryl methyl sites for hydroxylation is 1. The molecular weight excluding hydrogens is 444 g/mol. The van der Waals surface area contributed by atoms with Gasteiger partial charge in [-0.3, -0.25) is 0 Å². The van der Waals surface area contributed by atoms with E-state index in [-0.39, 0.29) is 0 Å². The van der Waals surface area contributed by atoms with Crippen LogP contribution in [0.1, 0.15) is 17.0 Å². The van der Waals surface area contributed by atoms with Crippen LogP contribution in [0.15, 0.2) is 67.4 Å². The Morgan fingerprint density at radius 2 is 2.03 bits per heavy atom. The minimum absolute atomic E-state index is 0.558. The van der Waals surface area contributed by atoms with Gasteiger partial charge < -0.3 is 26.8 Å². The zero-order chi connectivity index (χ0) is 23.7. The van der Waals surface area contributed by atoms with Crippen molar-refractivity contribution in [2.24, 2.45) is 0 Å². The molecule has 0 aliphatic rings. The first kappa shape index (κ1) is 21.4. The lowest BCUT2D eigenvalue weighted by Gasteiger charge is -2.09. The smallest absolute Gasteiger partial charge is 0.161 e. The number of hydrogen-bond acceptors (Lipinski definition) is 8. The molecule has 3 aromatic heterocycles. The Bertz CT molecular complexity index is 1530. The Balaban J connectivity index is 1.39. The maximum atomic E-state index is 7.49. The summed E-state index contributed by atoms with van der Waals surface area (Å²) in [5.41, 5.74) is 12.4. The molecule has 3 heterocycles. The molecule has 8 nitrogen and oxygen atoms in total. The normalized spacial score (nSPS) is 10.9. The second-order valence-electron chi connectivity index (χ2n) is 7.80. The van der Waals surface area contributed by atoms with E-state index in [1.54, 1.807) is 18.3 Å². The van der Waals surface area contributed by atoms with E-state index in [1.165, 1.54) is 17.7 Å². The van der Waals surface area contributed by atoms with E-state index in [0.29, 0.717) is 22.9 Å². The van der Waals surface area contributed by atoms with Crippen molar-refractivity contribution in [1.82, 2.24) is 19.3 Å². The first-order chi connectivity index (χ1) is 16.5. The highest BCUT2D eigenvalue weighted by molar-refractivity contribution is 7.10. The number of aromatic amines is 1. The summed E-state index contributed by atoms with van der Waals surface area (Å²) in [5.74, 6) is 1.25. The molecule has 5 aromatic rings. The Hall–Kier alpha value is -4.50. The summed E-state index contributed by atoms with van der Waals surface area (Å²) in [6.45, 7) is 6.12. The van der Waals surface area contributed by atoms with Crippen LogP contribution in [0.3, 0.4) is 0 Å². The minimum atomic E-state index is 0.558. The lowest BCUT2D eigenvalue weighted by Crippen LogP contribution is -1.99. The molecule has 34 heavy (non-hydrogen) atoms. The Morgan fingerprint density at radius 1 is 1.15 bits per heavy atom. The SMILES string of the molecule is C=C(Nc1cc(C)ns1)c1cc2ccc(-c3nccc(Nc4ccc(N)c(C=N)c4)n3)cc2[nH]1. The summed E-state index contributed by atoms with van der Waals surface area (Å²) in [4.78, 5) is 12.5. The number of aromatic nitrogens is 4. The van der Waals surface area contributed by atoms with Crippen molar-refractivity contribution in [3.05, 3.63) is 84.3 Å². The number of hydrogen-bond donors (Lipinski definition) is 5. The minimum Gasteiger partial charge on any atom is -0.398 e. The molecule has 0 atom stereocenters. The van der Waals surface area contributed by atoms with Crippen LogP contribution >= 0.6 is 11.5 Å². The molecule has 0 saturated carbocycles. The van der Waals surface area contributed by atoms with Crippen molar-refractivity contribution in [3.8, 4) is 11.4 Å². The van der Waals surface area contributed by atoms with Gasteiger partial charge in [0.05, 0.1) is 17.1 Å². The van der Waals surface area contributed by atoms with Crippen molar-refractivity contribution in [3.63, 3.8) is 0 Å². The van der Waals surface area contributed by atoms with E-state index in [4.69, 9.17) is 11.1 Å². The third-order valence-corrected chi connectivity index (χ3v) is 6.07. The fourth-order valence-electron chi connectivity index (χ4n) is 3.56. The number of benzene rings is 2. The van der Waals surface area contributed by atoms with Crippen LogP contribution in [0, 0.1) is 12.3 Å². The third-order valence-electron chi connectivity index (χ3n) is 5.28. The molecule has 0 spiro atoms. The van der Waals surface area contributed by atoms with Gasteiger partial charge >= 0.3 is 0 Å². The summed E-state index contributed by atoms with van der Waals surface area (Å²) in [6, 6.07) is 17.3. The van der Waals surface area contributed by atoms with Crippen LogP contribution in [0.2, 0.25) is 0 Å². The number of rotatable bonds is 7. The summed E-state index contributed by atoms with van der Waals surface area (Å²) >= 11 is 1.41. The van der Waals surface area contributed by atoms with Gasteiger partial charge in [0.1, 0.15) is 10.8 Å².